The highest BCUT2D eigenvalue weighted by Gasteiger charge is 2.22. The molecule has 0 bridgehead atoms. The SMILES string of the molecule is C[C@H]([NH2+]C[C@@H](c1ccccc1)c1c[nH]c2ccccc12)C(N)=O. The number of H-pyrrole nitrogens is 1. The summed E-state index contributed by atoms with van der Waals surface area (Å²) >= 11 is 0. The highest BCUT2D eigenvalue weighted by Crippen LogP contribution is 2.29. The molecule has 2 aromatic carbocycles. The van der Waals surface area contributed by atoms with Crippen LogP contribution in [0, 0.1) is 0 Å². The Bertz CT molecular complexity index is 794. The van der Waals surface area contributed by atoms with Gasteiger partial charge in [0.2, 0.25) is 0 Å². The number of quaternary nitrogens is 1. The molecule has 4 nitrogen and oxygen atoms in total. The van der Waals surface area contributed by atoms with Crippen molar-refractivity contribution in [2.45, 2.75) is 18.9 Å². The second-order valence-corrected chi connectivity index (χ2v) is 5.92. The number of aromatic nitrogens is 1. The van der Waals surface area contributed by atoms with Gasteiger partial charge in [-0.05, 0) is 24.1 Å². The maximum absolute atomic E-state index is 11.3. The first-order valence-electron chi connectivity index (χ1n) is 7.90. The smallest absolute Gasteiger partial charge is 0.275 e. The van der Waals surface area contributed by atoms with Crippen molar-refractivity contribution < 1.29 is 10.1 Å². The van der Waals surface area contributed by atoms with Gasteiger partial charge in [-0.15, -0.1) is 0 Å². The molecule has 0 aliphatic rings. The van der Waals surface area contributed by atoms with Gasteiger partial charge in [0.25, 0.3) is 5.91 Å². The lowest BCUT2D eigenvalue weighted by atomic mass is 9.90. The first kappa shape index (κ1) is 15.3. The van der Waals surface area contributed by atoms with E-state index in [9.17, 15) is 4.79 Å². The zero-order chi connectivity index (χ0) is 16.2. The quantitative estimate of drug-likeness (QED) is 0.637. The topological polar surface area (TPSA) is 75.5 Å². The number of rotatable bonds is 6. The summed E-state index contributed by atoms with van der Waals surface area (Å²) in [5, 5.41) is 3.24. The van der Waals surface area contributed by atoms with Gasteiger partial charge in [0.15, 0.2) is 6.04 Å². The van der Waals surface area contributed by atoms with Crippen molar-refractivity contribution in [3.8, 4) is 0 Å². The van der Waals surface area contributed by atoms with Gasteiger partial charge in [-0.2, -0.15) is 0 Å². The van der Waals surface area contributed by atoms with Gasteiger partial charge < -0.3 is 16.0 Å². The molecular weight excluding hydrogens is 286 g/mol. The van der Waals surface area contributed by atoms with Crippen LogP contribution < -0.4 is 11.1 Å². The van der Waals surface area contributed by atoms with Crippen LogP contribution in [0.2, 0.25) is 0 Å². The largest absolute Gasteiger partial charge is 0.365 e. The van der Waals surface area contributed by atoms with E-state index in [4.69, 9.17) is 5.73 Å². The van der Waals surface area contributed by atoms with Crippen LogP contribution in [-0.2, 0) is 4.79 Å². The summed E-state index contributed by atoms with van der Waals surface area (Å²) in [6, 6.07) is 18.5. The Morgan fingerprint density at radius 3 is 2.57 bits per heavy atom. The van der Waals surface area contributed by atoms with Crippen LogP contribution in [0.25, 0.3) is 10.9 Å². The van der Waals surface area contributed by atoms with Crippen molar-refractivity contribution >= 4 is 16.8 Å². The molecule has 0 saturated carbocycles. The number of amides is 1. The van der Waals surface area contributed by atoms with E-state index in [1.807, 2.05) is 24.4 Å². The molecule has 4 heteroatoms. The van der Waals surface area contributed by atoms with Gasteiger partial charge >= 0.3 is 0 Å². The Kier molecular flexibility index (Phi) is 4.44. The van der Waals surface area contributed by atoms with E-state index in [1.54, 1.807) is 0 Å². The summed E-state index contributed by atoms with van der Waals surface area (Å²) in [5.74, 6) is -0.0788. The third-order valence-electron chi connectivity index (χ3n) is 4.37. The fourth-order valence-corrected chi connectivity index (χ4v) is 2.97. The second kappa shape index (κ2) is 6.67. The van der Waals surface area contributed by atoms with E-state index < -0.39 is 0 Å². The maximum atomic E-state index is 11.3. The lowest BCUT2D eigenvalue weighted by Crippen LogP contribution is -2.92. The molecule has 1 amide bonds. The van der Waals surface area contributed by atoms with Crippen molar-refractivity contribution in [1.29, 1.82) is 0 Å². The van der Waals surface area contributed by atoms with E-state index in [0.29, 0.717) is 0 Å². The molecule has 23 heavy (non-hydrogen) atoms. The van der Waals surface area contributed by atoms with Crippen LogP contribution in [0.15, 0.2) is 60.8 Å². The molecule has 0 spiro atoms. The summed E-state index contributed by atoms with van der Waals surface area (Å²) in [6.07, 6.45) is 2.07. The van der Waals surface area contributed by atoms with Gasteiger partial charge in [0.1, 0.15) is 0 Å². The number of benzene rings is 2. The highest BCUT2D eigenvalue weighted by molar-refractivity contribution is 5.84. The normalized spacial score (nSPS) is 13.8. The lowest BCUT2D eigenvalue weighted by molar-refractivity contribution is -0.674. The van der Waals surface area contributed by atoms with Crippen LogP contribution in [0.5, 0.6) is 0 Å². The first-order valence-corrected chi connectivity index (χ1v) is 7.90. The number of para-hydroxylation sites is 1. The van der Waals surface area contributed by atoms with Crippen LogP contribution in [0.4, 0.5) is 0 Å². The van der Waals surface area contributed by atoms with Gasteiger partial charge in [-0.25, -0.2) is 0 Å². The highest BCUT2D eigenvalue weighted by atomic mass is 16.1. The lowest BCUT2D eigenvalue weighted by Gasteiger charge is -2.17. The zero-order valence-corrected chi connectivity index (χ0v) is 13.2. The van der Waals surface area contributed by atoms with Crippen molar-refractivity contribution in [3.63, 3.8) is 0 Å². The number of primary amides is 1. The van der Waals surface area contributed by atoms with Gasteiger partial charge in [-0.1, -0.05) is 48.5 Å². The Labute approximate surface area is 135 Å². The standard InChI is InChI=1S/C19H21N3O/c1-13(19(20)23)21-11-16(14-7-3-2-4-8-14)17-12-22-18-10-6-5-9-15(17)18/h2-10,12-13,16,21-22H,11H2,1H3,(H2,20,23)/p+1/t13-,16-/m0/s1. The minimum atomic E-state index is -0.282. The monoisotopic (exact) mass is 308 g/mol. The Morgan fingerprint density at radius 2 is 1.83 bits per heavy atom. The molecule has 1 aromatic heterocycles. The second-order valence-electron chi connectivity index (χ2n) is 5.92. The predicted octanol–water partition coefficient (Wildman–Crippen LogP) is 1.74. The minimum absolute atomic E-state index is 0.203. The fraction of sp³-hybridized carbons (Fsp3) is 0.211. The van der Waals surface area contributed by atoms with Crippen molar-refractivity contribution in [1.82, 2.24) is 4.98 Å². The molecule has 5 N–H and O–H groups in total. The molecule has 3 rings (SSSR count). The summed E-state index contributed by atoms with van der Waals surface area (Å²) in [6.45, 7) is 2.62. The number of carbonyl (C=O) groups excluding carboxylic acids is 1. The van der Waals surface area contributed by atoms with Crippen molar-refractivity contribution in [2.75, 3.05) is 6.54 Å². The fourth-order valence-electron chi connectivity index (χ4n) is 2.97. The molecule has 0 radical (unpaired) electrons. The Morgan fingerprint density at radius 1 is 1.13 bits per heavy atom. The van der Waals surface area contributed by atoms with Gasteiger partial charge in [-0.3, -0.25) is 4.79 Å². The first-order chi connectivity index (χ1) is 11.2. The molecule has 2 atom stereocenters. The summed E-state index contributed by atoms with van der Waals surface area (Å²) in [5.41, 5.74) is 9.02. The molecule has 118 valence electrons. The molecular formula is C19H22N3O+. The van der Waals surface area contributed by atoms with Crippen LogP contribution in [-0.4, -0.2) is 23.5 Å². The van der Waals surface area contributed by atoms with E-state index >= 15 is 0 Å². The molecule has 1 heterocycles. The molecule has 0 saturated heterocycles. The number of carbonyl (C=O) groups is 1. The van der Waals surface area contributed by atoms with E-state index in [2.05, 4.69) is 53.6 Å². The average molecular weight is 308 g/mol. The molecule has 0 unspecified atom stereocenters. The van der Waals surface area contributed by atoms with Crippen molar-refractivity contribution in [2.24, 2.45) is 5.73 Å². The third kappa shape index (κ3) is 3.27. The summed E-state index contributed by atoms with van der Waals surface area (Å²) in [7, 11) is 0. The number of aromatic amines is 1. The Hall–Kier alpha value is -2.59. The molecule has 3 aromatic rings. The van der Waals surface area contributed by atoms with Crippen molar-refractivity contribution in [3.05, 3.63) is 71.9 Å². The minimum Gasteiger partial charge on any atom is -0.365 e. The van der Waals surface area contributed by atoms with E-state index in [0.717, 1.165) is 12.1 Å². The van der Waals surface area contributed by atoms with Crippen LogP contribution >= 0.6 is 0 Å². The molecule has 0 aliphatic heterocycles. The van der Waals surface area contributed by atoms with Crippen LogP contribution in [0.3, 0.4) is 0 Å². The zero-order valence-electron chi connectivity index (χ0n) is 13.2. The maximum Gasteiger partial charge on any atom is 0.275 e. The summed E-state index contributed by atoms with van der Waals surface area (Å²) in [4.78, 5) is 14.7. The van der Waals surface area contributed by atoms with Gasteiger partial charge in [0, 0.05) is 17.1 Å². The average Bonchev–Trinajstić information content (AvgIpc) is 3.00. The number of fused-ring (bicyclic) bond motifs is 1. The van der Waals surface area contributed by atoms with Gasteiger partial charge in [0.05, 0.1) is 12.5 Å². The van der Waals surface area contributed by atoms with E-state index in [-0.39, 0.29) is 17.9 Å². The number of hydrogen-bond donors (Lipinski definition) is 3. The molecule has 0 fully saturated rings. The van der Waals surface area contributed by atoms with Crippen LogP contribution in [0.1, 0.15) is 24.0 Å². The van der Waals surface area contributed by atoms with E-state index in [1.165, 1.54) is 16.5 Å². The predicted molar refractivity (Wildman–Crippen MR) is 92.0 cm³/mol. The molecule has 0 aliphatic carbocycles. The number of nitrogens with one attached hydrogen (secondary N) is 1. The Balaban J connectivity index is 1.96. The number of nitrogens with two attached hydrogens (primary N) is 2. The number of hydrogen-bond acceptors (Lipinski definition) is 1. The third-order valence-corrected chi connectivity index (χ3v) is 4.37. The summed E-state index contributed by atoms with van der Waals surface area (Å²) < 4.78 is 0.